The highest BCUT2D eigenvalue weighted by Crippen LogP contribution is 2.13. The number of nitrogens with one attached hydrogen (secondary N) is 1. The predicted octanol–water partition coefficient (Wildman–Crippen LogP) is -0.234. The molecule has 0 aromatic carbocycles. The number of ether oxygens (including phenoxy) is 1. The van der Waals surface area contributed by atoms with Gasteiger partial charge in [-0.05, 0) is 12.8 Å². The predicted molar refractivity (Wildman–Crippen MR) is 54.1 cm³/mol. The molecule has 0 aliphatic carbocycles. The van der Waals surface area contributed by atoms with Gasteiger partial charge in [-0.25, -0.2) is 4.79 Å². The third-order valence-corrected chi connectivity index (χ3v) is 2.41. The largest absolute Gasteiger partial charge is 0.377 e. The van der Waals surface area contributed by atoms with Crippen LogP contribution < -0.4 is 11.1 Å². The van der Waals surface area contributed by atoms with Gasteiger partial charge < -0.3 is 20.7 Å². The molecule has 1 heterocycles. The van der Waals surface area contributed by atoms with Crippen LogP contribution in [0.1, 0.15) is 12.8 Å². The molecule has 0 radical (unpaired) electrons. The van der Waals surface area contributed by atoms with E-state index in [1.165, 1.54) is 0 Å². The maximum atomic E-state index is 11.2. The van der Waals surface area contributed by atoms with Crippen LogP contribution in [0.25, 0.3) is 0 Å². The second-order valence-corrected chi connectivity index (χ2v) is 3.40. The summed E-state index contributed by atoms with van der Waals surface area (Å²) in [5.41, 5.74) is 5.34. The summed E-state index contributed by atoms with van der Waals surface area (Å²) in [5.74, 6) is 0. The minimum Gasteiger partial charge on any atom is -0.377 e. The Bertz CT molecular complexity index is 179. The molecule has 1 aliphatic rings. The molecule has 5 nitrogen and oxygen atoms in total. The van der Waals surface area contributed by atoms with Crippen molar-refractivity contribution in [2.45, 2.75) is 18.9 Å². The molecule has 1 aliphatic heterocycles. The number of piperidine rings is 1. The van der Waals surface area contributed by atoms with E-state index >= 15 is 0 Å². The Labute approximate surface area is 84.6 Å². The first-order chi connectivity index (χ1) is 6.77. The first kappa shape index (κ1) is 11.3. The van der Waals surface area contributed by atoms with Gasteiger partial charge in [-0.15, -0.1) is 0 Å². The molecule has 1 rings (SSSR count). The second-order valence-electron chi connectivity index (χ2n) is 3.40. The van der Waals surface area contributed by atoms with E-state index in [9.17, 15) is 4.79 Å². The average Bonchev–Trinajstić information content (AvgIpc) is 2.26. The van der Waals surface area contributed by atoms with Crippen molar-refractivity contribution in [2.75, 3.05) is 33.3 Å². The molecule has 0 aromatic heterocycles. The van der Waals surface area contributed by atoms with E-state index in [1.807, 2.05) is 4.90 Å². The number of hydrogen-bond donors (Lipinski definition) is 2. The van der Waals surface area contributed by atoms with Crippen molar-refractivity contribution >= 4 is 6.03 Å². The SMILES string of the molecule is CNC(=O)N1CCC(OCCN)CC1. The van der Waals surface area contributed by atoms with Crippen molar-refractivity contribution in [3.8, 4) is 0 Å². The van der Waals surface area contributed by atoms with Crippen molar-refractivity contribution in [3.63, 3.8) is 0 Å². The van der Waals surface area contributed by atoms with Crippen LogP contribution in [0.4, 0.5) is 4.79 Å². The first-order valence-corrected chi connectivity index (χ1v) is 5.06. The number of likely N-dealkylation sites (tertiary alicyclic amines) is 1. The minimum atomic E-state index is 0.00211. The quantitative estimate of drug-likeness (QED) is 0.662. The molecule has 0 spiro atoms. The Morgan fingerprint density at radius 2 is 2.21 bits per heavy atom. The van der Waals surface area contributed by atoms with Gasteiger partial charge >= 0.3 is 6.03 Å². The zero-order chi connectivity index (χ0) is 10.4. The number of rotatable bonds is 3. The molecule has 14 heavy (non-hydrogen) atoms. The highest BCUT2D eigenvalue weighted by Gasteiger charge is 2.21. The van der Waals surface area contributed by atoms with Crippen molar-refractivity contribution in [1.82, 2.24) is 10.2 Å². The van der Waals surface area contributed by atoms with Crippen LogP contribution in [0.15, 0.2) is 0 Å². The summed E-state index contributed by atoms with van der Waals surface area (Å²) >= 11 is 0. The van der Waals surface area contributed by atoms with Crippen LogP contribution in [0.5, 0.6) is 0 Å². The molecule has 5 heteroatoms. The number of nitrogens with zero attached hydrogens (tertiary/aromatic N) is 1. The van der Waals surface area contributed by atoms with Gasteiger partial charge in [-0.1, -0.05) is 0 Å². The first-order valence-electron chi connectivity index (χ1n) is 5.06. The highest BCUT2D eigenvalue weighted by molar-refractivity contribution is 5.73. The van der Waals surface area contributed by atoms with E-state index in [4.69, 9.17) is 10.5 Å². The molecule has 3 N–H and O–H groups in total. The van der Waals surface area contributed by atoms with E-state index in [1.54, 1.807) is 7.05 Å². The van der Waals surface area contributed by atoms with Crippen LogP contribution in [0.2, 0.25) is 0 Å². The molecule has 0 bridgehead atoms. The summed E-state index contributed by atoms with van der Waals surface area (Å²) in [4.78, 5) is 13.0. The molecule has 0 unspecified atom stereocenters. The van der Waals surface area contributed by atoms with E-state index in [0.717, 1.165) is 25.9 Å². The van der Waals surface area contributed by atoms with Crippen LogP contribution in [0, 0.1) is 0 Å². The Morgan fingerprint density at radius 3 is 2.71 bits per heavy atom. The van der Waals surface area contributed by atoms with Crippen LogP contribution in [-0.2, 0) is 4.74 Å². The van der Waals surface area contributed by atoms with Crippen LogP contribution in [-0.4, -0.2) is 50.3 Å². The Morgan fingerprint density at radius 1 is 1.57 bits per heavy atom. The molecular formula is C9H19N3O2. The lowest BCUT2D eigenvalue weighted by molar-refractivity contribution is 0.0192. The number of carbonyl (C=O) groups excluding carboxylic acids is 1. The number of hydrogen-bond acceptors (Lipinski definition) is 3. The van der Waals surface area contributed by atoms with Crippen molar-refractivity contribution in [3.05, 3.63) is 0 Å². The number of nitrogens with two attached hydrogens (primary N) is 1. The second kappa shape index (κ2) is 5.82. The van der Waals surface area contributed by atoms with Gasteiger partial charge in [0, 0.05) is 26.7 Å². The van der Waals surface area contributed by atoms with Crippen molar-refractivity contribution in [1.29, 1.82) is 0 Å². The summed E-state index contributed by atoms with van der Waals surface area (Å²) in [5, 5.41) is 2.62. The van der Waals surface area contributed by atoms with Gasteiger partial charge in [0.2, 0.25) is 0 Å². The fourth-order valence-electron chi connectivity index (χ4n) is 1.62. The van der Waals surface area contributed by atoms with Crippen LogP contribution in [0.3, 0.4) is 0 Å². The molecule has 1 saturated heterocycles. The monoisotopic (exact) mass is 201 g/mol. The average molecular weight is 201 g/mol. The number of amides is 2. The zero-order valence-corrected chi connectivity index (χ0v) is 8.66. The Balaban J connectivity index is 2.20. The summed E-state index contributed by atoms with van der Waals surface area (Å²) in [6.07, 6.45) is 2.10. The van der Waals surface area contributed by atoms with Gasteiger partial charge in [0.15, 0.2) is 0 Å². The summed E-state index contributed by atoms with van der Waals surface area (Å²) in [6, 6.07) is 0.00211. The maximum Gasteiger partial charge on any atom is 0.317 e. The summed E-state index contributed by atoms with van der Waals surface area (Å²) in [6.45, 7) is 2.73. The fourth-order valence-corrected chi connectivity index (χ4v) is 1.62. The van der Waals surface area contributed by atoms with Gasteiger partial charge in [0.25, 0.3) is 0 Å². The van der Waals surface area contributed by atoms with Crippen molar-refractivity contribution < 1.29 is 9.53 Å². The molecule has 1 fully saturated rings. The van der Waals surface area contributed by atoms with Gasteiger partial charge in [-0.2, -0.15) is 0 Å². The number of urea groups is 1. The smallest absolute Gasteiger partial charge is 0.317 e. The molecule has 0 atom stereocenters. The van der Waals surface area contributed by atoms with Gasteiger partial charge in [0.1, 0.15) is 0 Å². The Hall–Kier alpha value is -0.810. The fraction of sp³-hybridized carbons (Fsp3) is 0.889. The lowest BCUT2D eigenvalue weighted by Crippen LogP contribution is -2.45. The van der Waals surface area contributed by atoms with Gasteiger partial charge in [0.05, 0.1) is 12.7 Å². The highest BCUT2D eigenvalue weighted by atomic mass is 16.5. The van der Waals surface area contributed by atoms with E-state index in [0.29, 0.717) is 13.2 Å². The molecule has 0 aromatic rings. The maximum absolute atomic E-state index is 11.2. The molecular weight excluding hydrogens is 182 g/mol. The standard InChI is InChI=1S/C9H19N3O2/c1-11-9(13)12-5-2-8(3-6-12)14-7-4-10/h8H,2-7,10H2,1H3,(H,11,13). The Kier molecular flexibility index (Phi) is 4.69. The summed E-state index contributed by atoms with van der Waals surface area (Å²) in [7, 11) is 1.65. The molecule has 0 saturated carbocycles. The molecule has 2 amide bonds. The van der Waals surface area contributed by atoms with E-state index in [-0.39, 0.29) is 12.1 Å². The normalized spacial score (nSPS) is 18.3. The third kappa shape index (κ3) is 3.16. The van der Waals surface area contributed by atoms with Crippen LogP contribution >= 0.6 is 0 Å². The minimum absolute atomic E-state index is 0.00211. The lowest BCUT2D eigenvalue weighted by atomic mass is 10.1. The van der Waals surface area contributed by atoms with Crippen molar-refractivity contribution in [2.24, 2.45) is 5.73 Å². The zero-order valence-electron chi connectivity index (χ0n) is 8.66. The summed E-state index contributed by atoms with van der Waals surface area (Å²) < 4.78 is 5.51. The van der Waals surface area contributed by atoms with Gasteiger partial charge in [-0.3, -0.25) is 0 Å². The third-order valence-electron chi connectivity index (χ3n) is 2.41. The number of carbonyl (C=O) groups is 1. The lowest BCUT2D eigenvalue weighted by Gasteiger charge is -2.31. The molecule has 82 valence electrons. The topological polar surface area (TPSA) is 67.6 Å². The van der Waals surface area contributed by atoms with E-state index in [2.05, 4.69) is 5.32 Å². The van der Waals surface area contributed by atoms with E-state index < -0.39 is 0 Å².